The van der Waals surface area contributed by atoms with Gasteiger partial charge in [-0.25, -0.2) is 0 Å². The van der Waals surface area contributed by atoms with Gasteiger partial charge in [-0.1, -0.05) is 49.7 Å². The summed E-state index contributed by atoms with van der Waals surface area (Å²) in [5.41, 5.74) is 4.30. The molecule has 2 heterocycles. The van der Waals surface area contributed by atoms with Crippen LogP contribution in [0.1, 0.15) is 54.1 Å². The number of fused-ring (bicyclic) bond motifs is 4. The number of hydrogen-bond donors (Lipinski definition) is 1. The maximum Gasteiger partial charge on any atom is 0.253 e. The van der Waals surface area contributed by atoms with E-state index in [2.05, 4.69) is 47.5 Å². The first kappa shape index (κ1) is 14.1. The lowest BCUT2D eigenvalue weighted by Gasteiger charge is -2.51. The van der Waals surface area contributed by atoms with Crippen molar-refractivity contribution in [2.75, 3.05) is 4.90 Å². The monoisotopic (exact) mass is 318 g/mol. The van der Waals surface area contributed by atoms with Gasteiger partial charge in [0.1, 0.15) is 5.66 Å². The van der Waals surface area contributed by atoms with Crippen molar-refractivity contribution in [3.63, 3.8) is 0 Å². The molecule has 1 fully saturated rings. The fourth-order valence-electron chi connectivity index (χ4n) is 5.31. The van der Waals surface area contributed by atoms with Crippen molar-refractivity contribution in [1.82, 2.24) is 5.32 Å². The summed E-state index contributed by atoms with van der Waals surface area (Å²) in [6.45, 7) is 3.14. The second-order valence-corrected chi connectivity index (χ2v) is 7.61. The number of nitrogens with one attached hydrogen (secondary N) is 1. The first-order chi connectivity index (χ1) is 11.7. The molecule has 1 N–H and O–H groups in total. The van der Waals surface area contributed by atoms with E-state index in [9.17, 15) is 4.79 Å². The Kier molecular flexibility index (Phi) is 2.71. The molecule has 1 spiro atoms. The molecule has 24 heavy (non-hydrogen) atoms. The molecule has 1 aliphatic carbocycles. The van der Waals surface area contributed by atoms with Crippen molar-refractivity contribution in [3.05, 3.63) is 65.2 Å². The quantitative estimate of drug-likeness (QED) is 0.797. The lowest BCUT2D eigenvalue weighted by atomic mass is 9.65. The van der Waals surface area contributed by atoms with Crippen LogP contribution in [0.3, 0.4) is 0 Å². The molecule has 1 saturated carbocycles. The van der Waals surface area contributed by atoms with Gasteiger partial charge in [-0.3, -0.25) is 4.79 Å². The molecule has 1 amide bonds. The highest BCUT2D eigenvalue weighted by Crippen LogP contribution is 2.58. The number of carbonyl (C=O) groups is 1. The topological polar surface area (TPSA) is 32.3 Å². The van der Waals surface area contributed by atoms with Gasteiger partial charge in [-0.15, -0.1) is 0 Å². The largest absolute Gasteiger partial charge is 0.343 e. The number of hydrogen-bond acceptors (Lipinski definition) is 2. The van der Waals surface area contributed by atoms with E-state index in [1.54, 1.807) is 0 Å². The van der Waals surface area contributed by atoms with Gasteiger partial charge in [0.25, 0.3) is 5.91 Å². The van der Waals surface area contributed by atoms with Crippen LogP contribution in [0, 0.1) is 0 Å². The maximum atomic E-state index is 13.1. The Morgan fingerprint density at radius 1 is 1.00 bits per heavy atom. The Labute approximate surface area is 142 Å². The van der Waals surface area contributed by atoms with Crippen LogP contribution in [0.4, 0.5) is 5.69 Å². The smallest absolute Gasteiger partial charge is 0.253 e. The first-order valence-electron chi connectivity index (χ1n) is 8.93. The normalized spacial score (nSPS) is 30.5. The number of rotatable bonds is 0. The summed E-state index contributed by atoms with van der Waals surface area (Å²) in [4.78, 5) is 15.5. The summed E-state index contributed by atoms with van der Waals surface area (Å²) in [5, 5.41) is 3.49. The Morgan fingerprint density at radius 3 is 2.67 bits per heavy atom. The van der Waals surface area contributed by atoms with Crippen LogP contribution < -0.4 is 10.2 Å². The van der Waals surface area contributed by atoms with Crippen LogP contribution in [0.2, 0.25) is 0 Å². The van der Waals surface area contributed by atoms with Crippen LogP contribution in [0.15, 0.2) is 48.5 Å². The van der Waals surface area contributed by atoms with Crippen molar-refractivity contribution in [3.8, 4) is 0 Å². The summed E-state index contributed by atoms with van der Waals surface area (Å²) in [5.74, 6) is 0.0778. The Bertz CT molecular complexity index is 845. The number of carbonyl (C=O) groups excluding carboxylic acids is 1. The van der Waals surface area contributed by atoms with E-state index in [0.717, 1.165) is 36.9 Å². The number of amides is 1. The molecule has 2 atom stereocenters. The molecular formula is C21H22N2O. The third-order valence-electron chi connectivity index (χ3n) is 6.54. The zero-order valence-electron chi connectivity index (χ0n) is 14.0. The van der Waals surface area contributed by atoms with Gasteiger partial charge in [-0.05, 0) is 42.5 Å². The first-order valence-corrected chi connectivity index (χ1v) is 8.93. The molecule has 3 heteroatoms. The highest BCUT2D eigenvalue weighted by atomic mass is 16.2. The third-order valence-corrected chi connectivity index (χ3v) is 6.54. The molecule has 0 unspecified atom stereocenters. The molecule has 3 aliphatic rings. The lowest BCUT2D eigenvalue weighted by Crippen LogP contribution is -2.67. The van der Waals surface area contributed by atoms with Gasteiger partial charge >= 0.3 is 0 Å². The highest BCUT2D eigenvalue weighted by molar-refractivity contribution is 5.98. The Hall–Kier alpha value is -2.29. The van der Waals surface area contributed by atoms with E-state index in [4.69, 9.17) is 0 Å². The van der Waals surface area contributed by atoms with Gasteiger partial charge < -0.3 is 10.2 Å². The van der Waals surface area contributed by atoms with Crippen LogP contribution in [0.25, 0.3) is 0 Å². The van der Waals surface area contributed by atoms with Crippen LogP contribution in [-0.4, -0.2) is 11.6 Å². The average molecular weight is 318 g/mol. The number of anilines is 1. The van der Waals surface area contributed by atoms with E-state index in [1.165, 1.54) is 17.7 Å². The second kappa shape index (κ2) is 4.62. The maximum absolute atomic E-state index is 13.1. The fourth-order valence-corrected chi connectivity index (χ4v) is 5.31. The van der Waals surface area contributed by atoms with Crippen molar-refractivity contribution >= 4 is 11.6 Å². The van der Waals surface area contributed by atoms with Crippen molar-refractivity contribution in [1.29, 1.82) is 0 Å². The van der Waals surface area contributed by atoms with Gasteiger partial charge in [0.2, 0.25) is 0 Å². The molecule has 0 radical (unpaired) electrons. The summed E-state index contributed by atoms with van der Waals surface area (Å²) >= 11 is 0. The van der Waals surface area contributed by atoms with E-state index in [-0.39, 0.29) is 17.0 Å². The minimum atomic E-state index is -0.301. The molecule has 0 saturated heterocycles. The van der Waals surface area contributed by atoms with E-state index in [1.807, 2.05) is 18.2 Å². The summed E-state index contributed by atoms with van der Waals surface area (Å²) < 4.78 is 0. The van der Waals surface area contributed by atoms with Gasteiger partial charge in [0.15, 0.2) is 0 Å². The molecule has 3 nitrogen and oxygen atoms in total. The van der Waals surface area contributed by atoms with Crippen molar-refractivity contribution < 1.29 is 4.79 Å². The van der Waals surface area contributed by atoms with Crippen molar-refractivity contribution in [2.24, 2.45) is 0 Å². The highest BCUT2D eigenvalue weighted by Gasteiger charge is 2.61. The molecule has 2 aliphatic heterocycles. The zero-order chi connectivity index (χ0) is 16.4. The number of nitrogens with zero attached hydrogens (tertiary/aromatic N) is 1. The van der Waals surface area contributed by atoms with Crippen LogP contribution in [0.5, 0.6) is 0 Å². The summed E-state index contributed by atoms with van der Waals surface area (Å²) in [6, 6.07) is 16.8. The van der Waals surface area contributed by atoms with E-state index < -0.39 is 0 Å². The third kappa shape index (κ3) is 1.55. The lowest BCUT2D eigenvalue weighted by molar-refractivity contribution is 0.0765. The average Bonchev–Trinajstić information content (AvgIpc) is 2.73. The summed E-state index contributed by atoms with van der Waals surface area (Å²) in [7, 11) is 0. The SMILES string of the molecule is C[C@@]12CCCC[C@]13NC(=O)c1ccccc1CN3c1ccccc12. The molecular weight excluding hydrogens is 296 g/mol. The molecule has 0 bridgehead atoms. The minimum Gasteiger partial charge on any atom is -0.343 e. The standard InChI is InChI=1S/C21H22N2O/c1-20-12-6-7-13-21(20)22-19(24)16-9-3-2-8-15(16)14-23(21)18-11-5-4-10-17(18)20/h2-5,8-11H,6-7,12-14H2,1H3,(H,22,24)/t20-,21+/m0/s1. The predicted octanol–water partition coefficient (Wildman–Crippen LogP) is 3.98. The Balaban J connectivity index is 1.77. The summed E-state index contributed by atoms with van der Waals surface area (Å²) in [6.07, 6.45) is 4.52. The van der Waals surface area contributed by atoms with Gasteiger partial charge in [0.05, 0.1) is 0 Å². The van der Waals surface area contributed by atoms with Crippen molar-refractivity contribution in [2.45, 2.75) is 50.2 Å². The molecule has 2 aromatic carbocycles. The zero-order valence-corrected chi connectivity index (χ0v) is 14.0. The predicted molar refractivity (Wildman–Crippen MR) is 95.1 cm³/mol. The Morgan fingerprint density at radius 2 is 1.75 bits per heavy atom. The molecule has 2 aromatic rings. The van der Waals surface area contributed by atoms with Crippen LogP contribution in [-0.2, 0) is 12.0 Å². The van der Waals surface area contributed by atoms with E-state index >= 15 is 0 Å². The van der Waals surface area contributed by atoms with Gasteiger partial charge in [0, 0.05) is 23.2 Å². The number of benzene rings is 2. The minimum absolute atomic E-state index is 0.0282. The molecule has 122 valence electrons. The molecule has 5 rings (SSSR count). The van der Waals surface area contributed by atoms with E-state index in [0.29, 0.717) is 0 Å². The van der Waals surface area contributed by atoms with Crippen LogP contribution >= 0.6 is 0 Å². The van der Waals surface area contributed by atoms with Gasteiger partial charge in [-0.2, -0.15) is 0 Å². The molecule has 0 aromatic heterocycles. The second-order valence-electron chi connectivity index (χ2n) is 7.61. The fraction of sp³-hybridized carbons (Fsp3) is 0.381. The number of para-hydroxylation sites is 1.